The zero-order valence-corrected chi connectivity index (χ0v) is 11.5. The first-order valence-electron chi connectivity index (χ1n) is 6.35. The first kappa shape index (κ1) is 14.4. The Labute approximate surface area is 123 Å². The third kappa shape index (κ3) is 3.95. The summed E-state index contributed by atoms with van der Waals surface area (Å²) in [4.78, 5) is 12.1. The van der Waals surface area contributed by atoms with Gasteiger partial charge in [0.1, 0.15) is 17.4 Å². The zero-order valence-electron chi connectivity index (χ0n) is 11.5. The monoisotopic (exact) mass is 278 g/mol. The van der Waals surface area contributed by atoms with Gasteiger partial charge in [0, 0.05) is 5.69 Å². The van der Waals surface area contributed by atoms with Crippen molar-refractivity contribution in [3.05, 3.63) is 65.7 Å². The molecule has 104 valence electrons. The van der Waals surface area contributed by atoms with E-state index < -0.39 is 5.91 Å². The number of anilines is 1. The SMILES string of the molecule is COc1cccc(/C=C(/C#N)C(=O)Nc2ccccc2)c1. The van der Waals surface area contributed by atoms with Crippen molar-refractivity contribution in [2.24, 2.45) is 0 Å². The number of para-hydroxylation sites is 1. The molecule has 0 heterocycles. The number of rotatable bonds is 4. The fraction of sp³-hybridized carbons (Fsp3) is 0.0588. The van der Waals surface area contributed by atoms with Crippen molar-refractivity contribution in [1.82, 2.24) is 0 Å². The van der Waals surface area contributed by atoms with Crippen molar-refractivity contribution >= 4 is 17.7 Å². The van der Waals surface area contributed by atoms with E-state index in [-0.39, 0.29) is 5.57 Å². The minimum absolute atomic E-state index is 0.0344. The average molecular weight is 278 g/mol. The minimum atomic E-state index is -0.438. The van der Waals surface area contributed by atoms with E-state index in [1.165, 1.54) is 6.08 Å². The highest BCUT2D eigenvalue weighted by Crippen LogP contribution is 2.16. The fourth-order valence-electron chi connectivity index (χ4n) is 1.77. The lowest BCUT2D eigenvalue weighted by Gasteiger charge is -2.04. The molecule has 4 nitrogen and oxygen atoms in total. The maximum Gasteiger partial charge on any atom is 0.266 e. The number of methoxy groups -OCH3 is 1. The van der Waals surface area contributed by atoms with Crippen LogP contribution in [0.3, 0.4) is 0 Å². The van der Waals surface area contributed by atoms with Gasteiger partial charge in [-0.25, -0.2) is 0 Å². The number of nitriles is 1. The minimum Gasteiger partial charge on any atom is -0.497 e. The Bertz CT molecular complexity index is 700. The van der Waals surface area contributed by atoms with Gasteiger partial charge in [0.25, 0.3) is 5.91 Å². The molecule has 1 amide bonds. The largest absolute Gasteiger partial charge is 0.497 e. The van der Waals surface area contributed by atoms with Crippen LogP contribution in [0.25, 0.3) is 6.08 Å². The molecule has 0 radical (unpaired) electrons. The number of carbonyl (C=O) groups is 1. The molecule has 2 rings (SSSR count). The van der Waals surface area contributed by atoms with E-state index in [2.05, 4.69) is 5.32 Å². The van der Waals surface area contributed by atoms with Crippen LogP contribution in [0.1, 0.15) is 5.56 Å². The number of nitrogens with zero attached hydrogens (tertiary/aromatic N) is 1. The van der Waals surface area contributed by atoms with Crippen LogP contribution in [-0.2, 0) is 4.79 Å². The van der Waals surface area contributed by atoms with Crippen LogP contribution in [0.5, 0.6) is 5.75 Å². The summed E-state index contributed by atoms with van der Waals surface area (Å²) in [5, 5.41) is 11.8. The van der Waals surface area contributed by atoms with Crippen LogP contribution >= 0.6 is 0 Å². The molecule has 0 aliphatic heterocycles. The van der Waals surface area contributed by atoms with Crippen LogP contribution < -0.4 is 10.1 Å². The average Bonchev–Trinajstić information content (AvgIpc) is 2.53. The second-order valence-corrected chi connectivity index (χ2v) is 4.27. The fourth-order valence-corrected chi connectivity index (χ4v) is 1.77. The lowest BCUT2D eigenvalue weighted by Crippen LogP contribution is -2.13. The van der Waals surface area contributed by atoms with Gasteiger partial charge in [-0.15, -0.1) is 0 Å². The van der Waals surface area contributed by atoms with Crippen LogP contribution in [0.15, 0.2) is 60.2 Å². The number of nitrogens with one attached hydrogen (secondary N) is 1. The van der Waals surface area contributed by atoms with E-state index in [0.29, 0.717) is 11.4 Å². The lowest BCUT2D eigenvalue weighted by molar-refractivity contribution is -0.112. The van der Waals surface area contributed by atoms with Gasteiger partial charge in [-0.05, 0) is 35.9 Å². The van der Waals surface area contributed by atoms with E-state index in [1.807, 2.05) is 24.3 Å². The van der Waals surface area contributed by atoms with Gasteiger partial charge >= 0.3 is 0 Å². The Morgan fingerprint density at radius 2 is 1.95 bits per heavy atom. The first-order chi connectivity index (χ1) is 10.2. The molecule has 0 spiro atoms. The van der Waals surface area contributed by atoms with Gasteiger partial charge in [-0.3, -0.25) is 4.79 Å². The standard InChI is InChI=1S/C17H14N2O2/c1-21-16-9-5-6-13(11-16)10-14(12-18)17(20)19-15-7-3-2-4-8-15/h2-11H,1H3,(H,19,20)/b14-10-. The number of hydrogen-bond donors (Lipinski definition) is 1. The summed E-state index contributed by atoms with van der Waals surface area (Å²) < 4.78 is 5.11. The number of amides is 1. The van der Waals surface area contributed by atoms with E-state index >= 15 is 0 Å². The van der Waals surface area contributed by atoms with Gasteiger partial charge in [0.15, 0.2) is 0 Å². The molecular weight excluding hydrogens is 264 g/mol. The van der Waals surface area contributed by atoms with Crippen LogP contribution in [0.2, 0.25) is 0 Å². The first-order valence-corrected chi connectivity index (χ1v) is 6.35. The molecule has 0 bridgehead atoms. The van der Waals surface area contributed by atoms with E-state index in [1.54, 1.807) is 43.5 Å². The highest BCUT2D eigenvalue weighted by molar-refractivity contribution is 6.09. The van der Waals surface area contributed by atoms with Crippen LogP contribution in [0.4, 0.5) is 5.69 Å². The molecule has 2 aromatic rings. The number of ether oxygens (including phenoxy) is 1. The Balaban J connectivity index is 2.20. The molecule has 0 saturated carbocycles. The second kappa shape index (κ2) is 6.92. The summed E-state index contributed by atoms with van der Waals surface area (Å²) in [5.74, 6) is 0.232. The molecule has 21 heavy (non-hydrogen) atoms. The van der Waals surface area contributed by atoms with Crippen LogP contribution in [0, 0.1) is 11.3 Å². The Hall–Kier alpha value is -3.06. The highest BCUT2D eigenvalue weighted by atomic mass is 16.5. The summed E-state index contributed by atoms with van der Waals surface area (Å²) in [6, 6.07) is 18.1. The molecule has 1 N–H and O–H groups in total. The maximum absolute atomic E-state index is 12.1. The summed E-state index contributed by atoms with van der Waals surface area (Å²) in [6.07, 6.45) is 1.53. The molecule has 4 heteroatoms. The Morgan fingerprint density at radius 3 is 2.62 bits per heavy atom. The summed E-state index contributed by atoms with van der Waals surface area (Å²) in [7, 11) is 1.57. The smallest absolute Gasteiger partial charge is 0.266 e. The molecule has 0 aliphatic rings. The molecular formula is C17H14N2O2. The molecule has 0 saturated heterocycles. The van der Waals surface area contributed by atoms with Crippen molar-refractivity contribution in [1.29, 1.82) is 5.26 Å². The summed E-state index contributed by atoms with van der Waals surface area (Å²) >= 11 is 0. The van der Waals surface area contributed by atoms with Crippen molar-refractivity contribution in [2.75, 3.05) is 12.4 Å². The van der Waals surface area contributed by atoms with Gasteiger partial charge in [0.2, 0.25) is 0 Å². The van der Waals surface area contributed by atoms with Crippen molar-refractivity contribution in [2.45, 2.75) is 0 Å². The second-order valence-electron chi connectivity index (χ2n) is 4.27. The van der Waals surface area contributed by atoms with E-state index in [0.717, 1.165) is 5.56 Å². The van der Waals surface area contributed by atoms with Crippen molar-refractivity contribution in [3.8, 4) is 11.8 Å². The predicted molar refractivity (Wildman–Crippen MR) is 81.7 cm³/mol. The molecule has 0 aliphatic carbocycles. The van der Waals surface area contributed by atoms with Gasteiger partial charge in [-0.1, -0.05) is 30.3 Å². The summed E-state index contributed by atoms with van der Waals surface area (Å²) in [6.45, 7) is 0. The third-order valence-electron chi connectivity index (χ3n) is 2.80. The molecule has 0 atom stereocenters. The van der Waals surface area contributed by atoms with Gasteiger partial charge < -0.3 is 10.1 Å². The molecule has 0 unspecified atom stereocenters. The van der Waals surface area contributed by atoms with Crippen LogP contribution in [-0.4, -0.2) is 13.0 Å². The number of benzene rings is 2. The zero-order chi connectivity index (χ0) is 15.1. The topological polar surface area (TPSA) is 62.1 Å². The molecule has 0 aromatic heterocycles. The lowest BCUT2D eigenvalue weighted by atomic mass is 10.1. The Kier molecular flexibility index (Phi) is 4.73. The third-order valence-corrected chi connectivity index (χ3v) is 2.80. The van der Waals surface area contributed by atoms with Gasteiger partial charge in [-0.2, -0.15) is 5.26 Å². The van der Waals surface area contributed by atoms with Crippen molar-refractivity contribution < 1.29 is 9.53 Å². The highest BCUT2D eigenvalue weighted by Gasteiger charge is 2.09. The predicted octanol–water partition coefficient (Wildman–Crippen LogP) is 3.24. The number of carbonyl (C=O) groups excluding carboxylic acids is 1. The summed E-state index contributed by atoms with van der Waals surface area (Å²) in [5.41, 5.74) is 1.41. The number of hydrogen-bond acceptors (Lipinski definition) is 3. The maximum atomic E-state index is 12.1. The Morgan fingerprint density at radius 1 is 1.19 bits per heavy atom. The van der Waals surface area contributed by atoms with Gasteiger partial charge in [0.05, 0.1) is 7.11 Å². The molecule has 2 aromatic carbocycles. The van der Waals surface area contributed by atoms with Crippen molar-refractivity contribution in [3.63, 3.8) is 0 Å². The van der Waals surface area contributed by atoms with E-state index in [9.17, 15) is 4.79 Å². The quantitative estimate of drug-likeness (QED) is 0.689. The molecule has 0 fully saturated rings. The van der Waals surface area contributed by atoms with E-state index in [4.69, 9.17) is 10.00 Å². The normalized spacial score (nSPS) is 10.6.